The molecule has 0 aliphatic carbocycles. The SMILES string of the molecule is CC1CC(C(=O)c2ccc(N)c(Cl)c2)CO1. The van der Waals surface area contributed by atoms with E-state index in [1.165, 1.54) is 0 Å². The van der Waals surface area contributed by atoms with Crippen molar-refractivity contribution >= 4 is 23.1 Å². The highest BCUT2D eigenvalue weighted by Crippen LogP contribution is 2.26. The van der Waals surface area contributed by atoms with E-state index in [1.807, 2.05) is 6.92 Å². The molecule has 1 aromatic carbocycles. The quantitative estimate of drug-likeness (QED) is 0.637. The fourth-order valence-electron chi connectivity index (χ4n) is 1.92. The van der Waals surface area contributed by atoms with Crippen LogP contribution in [0.25, 0.3) is 0 Å². The van der Waals surface area contributed by atoms with Crippen LogP contribution in [0, 0.1) is 5.92 Å². The molecule has 16 heavy (non-hydrogen) atoms. The molecule has 1 fully saturated rings. The lowest BCUT2D eigenvalue weighted by molar-refractivity contribution is 0.0877. The van der Waals surface area contributed by atoms with Gasteiger partial charge in [-0.05, 0) is 31.5 Å². The van der Waals surface area contributed by atoms with E-state index in [-0.39, 0.29) is 17.8 Å². The van der Waals surface area contributed by atoms with Crippen molar-refractivity contribution in [2.24, 2.45) is 5.92 Å². The van der Waals surface area contributed by atoms with Gasteiger partial charge in [0.2, 0.25) is 0 Å². The number of ketones is 1. The third-order valence-electron chi connectivity index (χ3n) is 2.85. The van der Waals surface area contributed by atoms with Crippen LogP contribution in [0.3, 0.4) is 0 Å². The third kappa shape index (κ3) is 2.20. The smallest absolute Gasteiger partial charge is 0.168 e. The second-order valence-corrected chi connectivity index (χ2v) is 4.58. The Balaban J connectivity index is 2.18. The Morgan fingerprint density at radius 3 is 2.88 bits per heavy atom. The number of carbonyl (C=O) groups is 1. The molecule has 2 rings (SSSR count). The minimum absolute atomic E-state index is 0.0466. The maximum Gasteiger partial charge on any atom is 0.168 e. The molecule has 1 heterocycles. The largest absolute Gasteiger partial charge is 0.398 e. The number of hydrogen-bond donors (Lipinski definition) is 1. The van der Waals surface area contributed by atoms with Crippen molar-refractivity contribution in [3.05, 3.63) is 28.8 Å². The minimum atomic E-state index is -0.0466. The Labute approximate surface area is 99.5 Å². The zero-order valence-corrected chi connectivity index (χ0v) is 9.83. The summed E-state index contributed by atoms with van der Waals surface area (Å²) in [5.41, 5.74) is 6.70. The number of carbonyl (C=O) groups excluding carboxylic acids is 1. The zero-order valence-electron chi connectivity index (χ0n) is 9.07. The highest BCUT2D eigenvalue weighted by atomic mass is 35.5. The first-order valence-electron chi connectivity index (χ1n) is 5.28. The van der Waals surface area contributed by atoms with Crippen molar-refractivity contribution in [1.82, 2.24) is 0 Å². The predicted octanol–water partition coefficient (Wildman–Crippen LogP) is 2.53. The Bertz CT molecular complexity index is 419. The highest BCUT2D eigenvalue weighted by molar-refractivity contribution is 6.33. The van der Waals surface area contributed by atoms with Crippen LogP contribution in [0.1, 0.15) is 23.7 Å². The maximum atomic E-state index is 12.1. The van der Waals surface area contributed by atoms with E-state index in [0.29, 0.717) is 22.9 Å². The molecule has 0 aromatic heterocycles. The second-order valence-electron chi connectivity index (χ2n) is 4.18. The molecule has 1 aromatic rings. The van der Waals surface area contributed by atoms with Crippen molar-refractivity contribution in [2.45, 2.75) is 19.4 Å². The molecule has 1 saturated heterocycles. The van der Waals surface area contributed by atoms with Gasteiger partial charge < -0.3 is 10.5 Å². The molecule has 0 saturated carbocycles. The number of ether oxygens (including phenoxy) is 1. The van der Waals surface area contributed by atoms with Gasteiger partial charge in [0.1, 0.15) is 0 Å². The van der Waals surface area contributed by atoms with Crippen LogP contribution in [0.15, 0.2) is 18.2 Å². The van der Waals surface area contributed by atoms with Gasteiger partial charge in [0, 0.05) is 11.5 Å². The molecule has 86 valence electrons. The van der Waals surface area contributed by atoms with Gasteiger partial charge in [-0.15, -0.1) is 0 Å². The van der Waals surface area contributed by atoms with Crippen LogP contribution in [0.2, 0.25) is 5.02 Å². The summed E-state index contributed by atoms with van der Waals surface area (Å²) in [6.45, 7) is 2.48. The highest BCUT2D eigenvalue weighted by Gasteiger charge is 2.29. The van der Waals surface area contributed by atoms with Gasteiger partial charge in [0.05, 0.1) is 23.4 Å². The zero-order chi connectivity index (χ0) is 11.7. The summed E-state index contributed by atoms with van der Waals surface area (Å²) >= 11 is 5.88. The Kier molecular flexibility index (Phi) is 3.17. The number of hydrogen-bond acceptors (Lipinski definition) is 3. The van der Waals surface area contributed by atoms with E-state index in [1.54, 1.807) is 18.2 Å². The Morgan fingerprint density at radius 2 is 2.31 bits per heavy atom. The first kappa shape index (κ1) is 11.4. The van der Waals surface area contributed by atoms with Gasteiger partial charge in [-0.3, -0.25) is 4.79 Å². The van der Waals surface area contributed by atoms with Crippen molar-refractivity contribution in [2.75, 3.05) is 12.3 Å². The van der Waals surface area contributed by atoms with E-state index in [4.69, 9.17) is 22.1 Å². The summed E-state index contributed by atoms with van der Waals surface area (Å²) in [5, 5.41) is 0.429. The van der Waals surface area contributed by atoms with Gasteiger partial charge in [-0.25, -0.2) is 0 Å². The average Bonchev–Trinajstić information content (AvgIpc) is 2.68. The Morgan fingerprint density at radius 1 is 1.56 bits per heavy atom. The fraction of sp³-hybridized carbons (Fsp3) is 0.417. The fourth-order valence-corrected chi connectivity index (χ4v) is 2.10. The summed E-state index contributed by atoms with van der Waals surface area (Å²) in [6.07, 6.45) is 0.944. The second kappa shape index (κ2) is 4.44. The molecular weight excluding hydrogens is 226 g/mol. The standard InChI is InChI=1S/C12H14ClNO2/c1-7-4-9(6-16-7)12(15)8-2-3-11(14)10(13)5-8/h2-3,5,7,9H,4,6,14H2,1H3. The molecule has 0 radical (unpaired) electrons. The molecular formula is C12H14ClNO2. The third-order valence-corrected chi connectivity index (χ3v) is 3.18. The monoisotopic (exact) mass is 239 g/mol. The van der Waals surface area contributed by atoms with Crippen LogP contribution in [0.4, 0.5) is 5.69 Å². The molecule has 0 bridgehead atoms. The number of nitrogens with two attached hydrogens (primary N) is 1. The van der Waals surface area contributed by atoms with Crippen LogP contribution < -0.4 is 5.73 Å². The average molecular weight is 240 g/mol. The summed E-state index contributed by atoms with van der Waals surface area (Å²) in [4.78, 5) is 12.1. The van der Waals surface area contributed by atoms with Gasteiger partial charge >= 0.3 is 0 Å². The van der Waals surface area contributed by atoms with E-state index in [9.17, 15) is 4.79 Å². The number of benzene rings is 1. The number of nitrogen functional groups attached to an aromatic ring is 1. The van der Waals surface area contributed by atoms with E-state index < -0.39 is 0 Å². The number of anilines is 1. The molecule has 0 amide bonds. The van der Waals surface area contributed by atoms with Crippen molar-refractivity contribution in [3.63, 3.8) is 0 Å². The normalized spacial score (nSPS) is 24.6. The van der Waals surface area contributed by atoms with Crippen LogP contribution in [0.5, 0.6) is 0 Å². The lowest BCUT2D eigenvalue weighted by atomic mass is 9.95. The topological polar surface area (TPSA) is 52.3 Å². The summed E-state index contributed by atoms with van der Waals surface area (Å²) in [5.74, 6) is 0.0425. The van der Waals surface area contributed by atoms with Crippen molar-refractivity contribution in [3.8, 4) is 0 Å². The molecule has 2 unspecified atom stereocenters. The lowest BCUT2D eigenvalue weighted by Gasteiger charge is -2.07. The number of halogens is 1. The lowest BCUT2D eigenvalue weighted by Crippen LogP contribution is -2.14. The summed E-state index contributed by atoms with van der Waals surface area (Å²) in [7, 11) is 0. The van der Waals surface area contributed by atoms with Gasteiger partial charge in [-0.2, -0.15) is 0 Å². The van der Waals surface area contributed by atoms with Crippen molar-refractivity contribution < 1.29 is 9.53 Å². The first-order valence-corrected chi connectivity index (χ1v) is 5.66. The van der Waals surface area contributed by atoms with Gasteiger partial charge in [-0.1, -0.05) is 11.6 Å². The van der Waals surface area contributed by atoms with E-state index in [0.717, 1.165) is 6.42 Å². The predicted molar refractivity (Wildman–Crippen MR) is 63.7 cm³/mol. The molecule has 2 atom stereocenters. The molecule has 4 heteroatoms. The summed E-state index contributed by atoms with van der Waals surface area (Å²) in [6, 6.07) is 5.00. The van der Waals surface area contributed by atoms with Crippen molar-refractivity contribution in [1.29, 1.82) is 0 Å². The molecule has 3 nitrogen and oxygen atoms in total. The van der Waals surface area contributed by atoms with Crippen LogP contribution >= 0.6 is 11.6 Å². The van der Waals surface area contributed by atoms with Gasteiger partial charge in [0.25, 0.3) is 0 Å². The molecule has 1 aliphatic heterocycles. The molecule has 0 spiro atoms. The molecule has 2 N–H and O–H groups in total. The Hall–Kier alpha value is -1.06. The summed E-state index contributed by atoms with van der Waals surface area (Å²) < 4.78 is 5.38. The van der Waals surface area contributed by atoms with E-state index in [2.05, 4.69) is 0 Å². The van der Waals surface area contributed by atoms with Gasteiger partial charge in [0.15, 0.2) is 5.78 Å². The number of rotatable bonds is 2. The van der Waals surface area contributed by atoms with Crippen LogP contribution in [-0.2, 0) is 4.74 Å². The van der Waals surface area contributed by atoms with Crippen LogP contribution in [-0.4, -0.2) is 18.5 Å². The number of Topliss-reactive ketones (excluding diaryl/α,β-unsaturated/α-hetero) is 1. The van der Waals surface area contributed by atoms with E-state index >= 15 is 0 Å². The maximum absolute atomic E-state index is 12.1. The minimum Gasteiger partial charge on any atom is -0.398 e. The first-order chi connectivity index (χ1) is 7.58. The molecule has 1 aliphatic rings.